The van der Waals surface area contributed by atoms with Crippen LogP contribution in [0.3, 0.4) is 0 Å². The van der Waals surface area contributed by atoms with Gasteiger partial charge >= 0.3 is 5.97 Å². The van der Waals surface area contributed by atoms with E-state index in [1.807, 2.05) is 67.5 Å². The molecular formula is C36H43NO4. The largest absolute Gasteiger partial charge is 0.494 e. The molecule has 0 radical (unpaired) electrons. The van der Waals surface area contributed by atoms with Crippen LogP contribution in [-0.4, -0.2) is 32.5 Å². The third kappa shape index (κ3) is 11.9. The number of anilines is 1. The normalized spacial score (nSPS) is 11.2. The molecule has 216 valence electrons. The van der Waals surface area contributed by atoms with E-state index in [4.69, 9.17) is 9.47 Å². The van der Waals surface area contributed by atoms with Gasteiger partial charge < -0.3 is 14.4 Å². The van der Waals surface area contributed by atoms with Crippen molar-refractivity contribution in [2.75, 3.05) is 25.6 Å². The highest BCUT2D eigenvalue weighted by molar-refractivity contribution is 6.07. The molecule has 5 heteroatoms. The lowest BCUT2D eigenvalue weighted by atomic mass is 10.1. The molecule has 0 amide bonds. The Kier molecular flexibility index (Phi) is 13.4. The number of unbranched alkanes of at least 4 members (excludes halogenated alkanes) is 7. The third-order valence-electron chi connectivity index (χ3n) is 6.73. The summed E-state index contributed by atoms with van der Waals surface area (Å²) < 4.78 is 11.3. The smallest absolute Gasteiger partial charge is 0.336 e. The fraction of sp³-hybridized carbons (Fsp3) is 0.333. The number of carbonyl (C=O) groups is 2. The van der Waals surface area contributed by atoms with E-state index in [-0.39, 0.29) is 5.78 Å². The molecule has 0 saturated carbocycles. The summed E-state index contributed by atoms with van der Waals surface area (Å²) in [6.07, 6.45) is 16.6. The molecule has 0 fully saturated rings. The van der Waals surface area contributed by atoms with E-state index in [0.717, 1.165) is 35.6 Å². The minimum absolute atomic E-state index is 0.167. The minimum Gasteiger partial charge on any atom is -0.494 e. The van der Waals surface area contributed by atoms with Crippen molar-refractivity contribution in [3.05, 3.63) is 102 Å². The van der Waals surface area contributed by atoms with Crippen molar-refractivity contribution < 1.29 is 19.1 Å². The lowest BCUT2D eigenvalue weighted by Crippen LogP contribution is -2.07. The van der Waals surface area contributed by atoms with Crippen LogP contribution >= 0.6 is 0 Å². The lowest BCUT2D eigenvalue weighted by Gasteiger charge is -2.11. The number of benzene rings is 3. The molecule has 0 aliphatic carbocycles. The van der Waals surface area contributed by atoms with Crippen LogP contribution in [0.2, 0.25) is 0 Å². The molecule has 0 aromatic heterocycles. The summed E-state index contributed by atoms with van der Waals surface area (Å²) in [6, 6.07) is 22.2. The second-order valence-corrected chi connectivity index (χ2v) is 10.4. The van der Waals surface area contributed by atoms with Gasteiger partial charge in [0.1, 0.15) is 11.5 Å². The maximum Gasteiger partial charge on any atom is 0.336 e. The Labute approximate surface area is 245 Å². The van der Waals surface area contributed by atoms with E-state index in [0.29, 0.717) is 11.3 Å². The van der Waals surface area contributed by atoms with Gasteiger partial charge in [-0.05, 0) is 66.1 Å². The van der Waals surface area contributed by atoms with Gasteiger partial charge in [-0.25, -0.2) is 4.79 Å². The van der Waals surface area contributed by atoms with Gasteiger partial charge in [0.25, 0.3) is 0 Å². The van der Waals surface area contributed by atoms with Crippen LogP contribution in [0.25, 0.3) is 12.2 Å². The zero-order chi connectivity index (χ0) is 29.3. The summed E-state index contributed by atoms with van der Waals surface area (Å²) in [4.78, 5) is 27.1. The van der Waals surface area contributed by atoms with Crippen LogP contribution in [-0.2, 0) is 4.79 Å². The van der Waals surface area contributed by atoms with Crippen molar-refractivity contribution in [3.8, 4) is 11.5 Å². The Morgan fingerprint density at radius 1 is 0.707 bits per heavy atom. The van der Waals surface area contributed by atoms with E-state index in [9.17, 15) is 9.59 Å². The average Bonchev–Trinajstić information content (AvgIpc) is 2.99. The van der Waals surface area contributed by atoms with E-state index in [1.54, 1.807) is 36.4 Å². The van der Waals surface area contributed by atoms with Crippen LogP contribution in [0.4, 0.5) is 5.69 Å². The summed E-state index contributed by atoms with van der Waals surface area (Å²) >= 11 is 0. The first-order chi connectivity index (χ1) is 19.9. The van der Waals surface area contributed by atoms with Crippen molar-refractivity contribution in [2.45, 2.75) is 58.3 Å². The number of hydrogen-bond donors (Lipinski definition) is 0. The summed E-state index contributed by atoms with van der Waals surface area (Å²) in [5.74, 6) is 0.466. The minimum atomic E-state index is -0.513. The van der Waals surface area contributed by atoms with Gasteiger partial charge in [-0.3, -0.25) is 4.79 Å². The molecule has 0 aliphatic rings. The molecule has 0 spiro atoms. The van der Waals surface area contributed by atoms with Crippen molar-refractivity contribution in [1.82, 2.24) is 0 Å². The zero-order valence-electron chi connectivity index (χ0n) is 24.7. The molecule has 0 aliphatic heterocycles. The second kappa shape index (κ2) is 17.5. The summed E-state index contributed by atoms with van der Waals surface area (Å²) in [7, 11) is 3.96. The first-order valence-electron chi connectivity index (χ1n) is 14.7. The summed E-state index contributed by atoms with van der Waals surface area (Å²) in [5, 5.41) is 0. The predicted molar refractivity (Wildman–Crippen MR) is 170 cm³/mol. The van der Waals surface area contributed by atoms with Gasteiger partial charge in [0.15, 0.2) is 5.78 Å². The molecule has 5 nitrogen and oxygen atoms in total. The van der Waals surface area contributed by atoms with Gasteiger partial charge in [0.05, 0.1) is 6.61 Å². The number of rotatable bonds is 17. The zero-order valence-corrected chi connectivity index (χ0v) is 24.7. The highest BCUT2D eigenvalue weighted by atomic mass is 16.5. The Morgan fingerprint density at radius 3 is 1.98 bits per heavy atom. The molecule has 3 rings (SSSR count). The van der Waals surface area contributed by atoms with Gasteiger partial charge in [0.2, 0.25) is 0 Å². The Balaban J connectivity index is 1.42. The van der Waals surface area contributed by atoms with Gasteiger partial charge in [0, 0.05) is 31.4 Å². The molecule has 0 heterocycles. The van der Waals surface area contributed by atoms with Gasteiger partial charge in [-0.2, -0.15) is 0 Å². The Bertz CT molecular complexity index is 1270. The van der Waals surface area contributed by atoms with Crippen LogP contribution < -0.4 is 14.4 Å². The quantitative estimate of drug-likeness (QED) is 0.0550. The van der Waals surface area contributed by atoms with E-state index in [2.05, 4.69) is 6.92 Å². The molecule has 3 aromatic rings. The third-order valence-corrected chi connectivity index (χ3v) is 6.73. The van der Waals surface area contributed by atoms with Crippen LogP contribution in [0, 0.1) is 0 Å². The van der Waals surface area contributed by atoms with E-state index in [1.165, 1.54) is 57.1 Å². The molecule has 41 heavy (non-hydrogen) atoms. The number of ether oxygens (including phenoxy) is 2. The first-order valence-corrected chi connectivity index (χ1v) is 14.7. The Hall–Kier alpha value is -4.12. The number of ketones is 1. The number of hydrogen-bond acceptors (Lipinski definition) is 5. The molecule has 0 unspecified atom stereocenters. The molecule has 0 N–H and O–H groups in total. The molecule has 0 atom stereocenters. The van der Waals surface area contributed by atoms with Crippen LogP contribution in [0.1, 0.15) is 79.8 Å². The molecular weight excluding hydrogens is 510 g/mol. The van der Waals surface area contributed by atoms with E-state index >= 15 is 0 Å². The van der Waals surface area contributed by atoms with Crippen LogP contribution in [0.15, 0.2) is 84.9 Å². The number of allylic oxidation sites excluding steroid dienone is 1. The second-order valence-electron chi connectivity index (χ2n) is 10.4. The molecule has 0 saturated heterocycles. The SMILES string of the molecule is CCCCCCCCCCOc1ccc(/C=C/C(=O)Oc2cccc(C(=O)/C=C/c3ccc(N(C)C)cc3)c2)cc1. The van der Waals surface area contributed by atoms with E-state index < -0.39 is 5.97 Å². The maximum atomic E-state index is 12.7. The predicted octanol–water partition coefficient (Wildman–Crippen LogP) is 8.79. The summed E-state index contributed by atoms with van der Waals surface area (Å²) in [6.45, 7) is 2.96. The number of nitrogens with zero attached hydrogens (tertiary/aromatic N) is 1. The van der Waals surface area contributed by atoms with Crippen molar-refractivity contribution in [1.29, 1.82) is 0 Å². The maximum absolute atomic E-state index is 12.7. The highest BCUT2D eigenvalue weighted by Gasteiger charge is 2.07. The lowest BCUT2D eigenvalue weighted by molar-refractivity contribution is -0.128. The standard InChI is InChI=1S/C36H43NO4/c1-4-5-6-7-8-9-10-11-27-40-33-23-17-30(18-24-33)20-26-36(39)41-34-14-12-13-31(28-34)35(38)25-19-29-15-21-32(22-16-29)37(2)3/h12-26,28H,4-11,27H2,1-3H3/b25-19+,26-20+. The summed E-state index contributed by atoms with van der Waals surface area (Å²) in [5.41, 5.74) is 3.34. The van der Waals surface area contributed by atoms with Crippen LogP contribution in [0.5, 0.6) is 11.5 Å². The first kappa shape index (κ1) is 31.4. The van der Waals surface area contributed by atoms with Crippen molar-refractivity contribution in [2.24, 2.45) is 0 Å². The number of carbonyl (C=O) groups excluding carboxylic acids is 2. The fourth-order valence-electron chi connectivity index (χ4n) is 4.28. The fourth-order valence-corrected chi connectivity index (χ4v) is 4.28. The monoisotopic (exact) mass is 553 g/mol. The van der Waals surface area contributed by atoms with Crippen molar-refractivity contribution in [3.63, 3.8) is 0 Å². The Morgan fingerprint density at radius 2 is 1.32 bits per heavy atom. The number of esters is 1. The topological polar surface area (TPSA) is 55.8 Å². The molecule has 0 bridgehead atoms. The van der Waals surface area contributed by atoms with Gasteiger partial charge in [-0.1, -0.05) is 94.3 Å². The highest BCUT2D eigenvalue weighted by Crippen LogP contribution is 2.18. The van der Waals surface area contributed by atoms with Crippen molar-refractivity contribution >= 4 is 29.6 Å². The molecule has 3 aromatic carbocycles. The average molecular weight is 554 g/mol. The van der Waals surface area contributed by atoms with Gasteiger partial charge in [-0.15, -0.1) is 0 Å².